The molecule has 1 nitrogen and oxygen atoms in total. The normalized spacial score (nSPS) is 22.2. The van der Waals surface area contributed by atoms with Crippen molar-refractivity contribution >= 4 is 11.6 Å². The van der Waals surface area contributed by atoms with E-state index in [0.29, 0.717) is 5.02 Å². The summed E-state index contributed by atoms with van der Waals surface area (Å²) in [5, 5.41) is 3.83. The average Bonchev–Trinajstić information content (AvgIpc) is 2.48. The van der Waals surface area contributed by atoms with Gasteiger partial charge >= 0.3 is 0 Å². The SMILES string of the molecule is Fc1ccc(C2CNCCC2c2ccc(F)cc2Cl)cc1. The molecule has 2 aromatic carbocycles. The van der Waals surface area contributed by atoms with Gasteiger partial charge in [0.25, 0.3) is 0 Å². The van der Waals surface area contributed by atoms with Gasteiger partial charge in [-0.1, -0.05) is 29.8 Å². The number of hydrogen-bond acceptors (Lipinski definition) is 1. The van der Waals surface area contributed by atoms with Gasteiger partial charge < -0.3 is 5.32 Å². The lowest BCUT2D eigenvalue weighted by Gasteiger charge is -2.33. The summed E-state index contributed by atoms with van der Waals surface area (Å²) in [6.45, 7) is 1.71. The van der Waals surface area contributed by atoms with Crippen molar-refractivity contribution in [2.75, 3.05) is 13.1 Å². The number of nitrogens with one attached hydrogen (secondary N) is 1. The molecule has 2 atom stereocenters. The maximum absolute atomic E-state index is 13.2. The highest BCUT2D eigenvalue weighted by Crippen LogP contribution is 2.40. The third kappa shape index (κ3) is 3.09. The van der Waals surface area contributed by atoms with E-state index in [1.807, 2.05) is 12.1 Å². The van der Waals surface area contributed by atoms with Crippen LogP contribution in [0.3, 0.4) is 0 Å². The summed E-state index contributed by atoms with van der Waals surface area (Å²) in [6, 6.07) is 11.2. The van der Waals surface area contributed by atoms with Crippen molar-refractivity contribution in [2.45, 2.75) is 18.3 Å². The Labute approximate surface area is 127 Å². The highest BCUT2D eigenvalue weighted by molar-refractivity contribution is 6.31. The van der Waals surface area contributed by atoms with E-state index in [-0.39, 0.29) is 23.5 Å². The van der Waals surface area contributed by atoms with Crippen molar-refractivity contribution in [3.8, 4) is 0 Å². The van der Waals surface area contributed by atoms with Crippen LogP contribution in [0.5, 0.6) is 0 Å². The van der Waals surface area contributed by atoms with E-state index in [1.165, 1.54) is 24.3 Å². The van der Waals surface area contributed by atoms with E-state index < -0.39 is 0 Å². The minimum absolute atomic E-state index is 0.210. The number of piperidine rings is 1. The molecule has 4 heteroatoms. The first-order valence-electron chi connectivity index (χ1n) is 7.06. The molecule has 0 bridgehead atoms. The van der Waals surface area contributed by atoms with Crippen LogP contribution in [0.2, 0.25) is 5.02 Å². The fourth-order valence-electron chi connectivity index (χ4n) is 3.09. The lowest BCUT2D eigenvalue weighted by molar-refractivity contribution is 0.403. The van der Waals surface area contributed by atoms with Gasteiger partial charge in [-0.05, 0) is 54.3 Å². The maximum atomic E-state index is 13.2. The number of halogens is 3. The molecule has 0 aliphatic carbocycles. The molecule has 0 aromatic heterocycles. The van der Waals surface area contributed by atoms with Gasteiger partial charge in [0.1, 0.15) is 11.6 Å². The molecule has 1 aliphatic heterocycles. The van der Waals surface area contributed by atoms with Gasteiger partial charge in [0.05, 0.1) is 0 Å². The Morgan fingerprint density at radius 3 is 2.38 bits per heavy atom. The summed E-state index contributed by atoms with van der Waals surface area (Å²) >= 11 is 6.22. The molecular formula is C17H16ClF2N. The van der Waals surface area contributed by atoms with Crippen LogP contribution < -0.4 is 5.32 Å². The number of hydrogen-bond donors (Lipinski definition) is 1. The second-order valence-corrected chi connectivity index (χ2v) is 5.83. The van der Waals surface area contributed by atoms with E-state index in [4.69, 9.17) is 11.6 Å². The molecule has 1 N–H and O–H groups in total. The minimum Gasteiger partial charge on any atom is -0.316 e. The highest BCUT2D eigenvalue weighted by atomic mass is 35.5. The second kappa shape index (κ2) is 6.12. The van der Waals surface area contributed by atoms with Gasteiger partial charge in [-0.15, -0.1) is 0 Å². The van der Waals surface area contributed by atoms with Crippen molar-refractivity contribution in [1.29, 1.82) is 0 Å². The monoisotopic (exact) mass is 307 g/mol. The topological polar surface area (TPSA) is 12.0 Å². The van der Waals surface area contributed by atoms with Crippen LogP contribution in [0.25, 0.3) is 0 Å². The predicted molar refractivity (Wildman–Crippen MR) is 80.8 cm³/mol. The van der Waals surface area contributed by atoms with Gasteiger partial charge in [0.15, 0.2) is 0 Å². The van der Waals surface area contributed by atoms with Crippen LogP contribution in [-0.2, 0) is 0 Å². The molecule has 0 saturated carbocycles. The van der Waals surface area contributed by atoms with Gasteiger partial charge in [-0.25, -0.2) is 8.78 Å². The molecule has 0 spiro atoms. The van der Waals surface area contributed by atoms with Gasteiger partial charge in [-0.3, -0.25) is 0 Å². The second-order valence-electron chi connectivity index (χ2n) is 5.42. The van der Waals surface area contributed by atoms with Gasteiger partial charge in [0.2, 0.25) is 0 Å². The summed E-state index contributed by atoms with van der Waals surface area (Å²) in [4.78, 5) is 0. The number of benzene rings is 2. The predicted octanol–water partition coefficient (Wildman–Crippen LogP) is 4.48. The third-order valence-corrected chi connectivity index (χ3v) is 4.47. The zero-order valence-corrected chi connectivity index (χ0v) is 12.2. The largest absolute Gasteiger partial charge is 0.316 e. The van der Waals surface area contributed by atoms with E-state index in [1.54, 1.807) is 6.07 Å². The Hall–Kier alpha value is -1.45. The Morgan fingerprint density at radius 1 is 0.952 bits per heavy atom. The quantitative estimate of drug-likeness (QED) is 0.862. The summed E-state index contributed by atoms with van der Waals surface area (Å²) in [7, 11) is 0. The molecule has 21 heavy (non-hydrogen) atoms. The van der Waals surface area contributed by atoms with Crippen LogP contribution >= 0.6 is 11.6 Å². The zero-order chi connectivity index (χ0) is 14.8. The lowest BCUT2D eigenvalue weighted by atomic mass is 9.77. The fraction of sp³-hybridized carbons (Fsp3) is 0.294. The Bertz CT molecular complexity index is 627. The molecule has 2 unspecified atom stereocenters. The van der Waals surface area contributed by atoms with E-state index in [9.17, 15) is 8.78 Å². The first-order valence-corrected chi connectivity index (χ1v) is 7.44. The smallest absolute Gasteiger partial charge is 0.124 e. The summed E-state index contributed by atoms with van der Waals surface area (Å²) in [5.74, 6) is -0.137. The third-order valence-electron chi connectivity index (χ3n) is 4.14. The molecule has 3 rings (SSSR count). The Balaban J connectivity index is 1.96. The molecule has 1 fully saturated rings. The molecule has 1 saturated heterocycles. The zero-order valence-electron chi connectivity index (χ0n) is 11.5. The van der Waals surface area contributed by atoms with Crippen LogP contribution in [0, 0.1) is 11.6 Å². The van der Waals surface area contributed by atoms with E-state index >= 15 is 0 Å². The summed E-state index contributed by atoms with van der Waals surface area (Å²) in [6.07, 6.45) is 0.924. The highest BCUT2D eigenvalue weighted by Gasteiger charge is 2.29. The van der Waals surface area contributed by atoms with E-state index in [0.717, 1.165) is 30.6 Å². The fourth-order valence-corrected chi connectivity index (χ4v) is 3.40. The van der Waals surface area contributed by atoms with Crippen molar-refractivity contribution in [3.63, 3.8) is 0 Å². The van der Waals surface area contributed by atoms with Crippen molar-refractivity contribution < 1.29 is 8.78 Å². The number of rotatable bonds is 2. The van der Waals surface area contributed by atoms with Crippen LogP contribution in [0.1, 0.15) is 29.4 Å². The van der Waals surface area contributed by atoms with E-state index in [2.05, 4.69) is 5.32 Å². The van der Waals surface area contributed by atoms with Crippen molar-refractivity contribution in [1.82, 2.24) is 5.32 Å². The first-order chi connectivity index (χ1) is 10.1. The Kier molecular flexibility index (Phi) is 4.22. The standard InChI is InChI=1S/C17H16ClF2N/c18-17-9-13(20)5-6-15(17)14-7-8-21-10-16(14)11-1-3-12(19)4-2-11/h1-6,9,14,16,21H,7-8,10H2. The summed E-state index contributed by atoms with van der Waals surface area (Å²) < 4.78 is 26.3. The van der Waals surface area contributed by atoms with Crippen LogP contribution in [0.4, 0.5) is 8.78 Å². The molecule has 1 heterocycles. The molecule has 1 aliphatic rings. The molecule has 110 valence electrons. The molecule has 2 aromatic rings. The van der Waals surface area contributed by atoms with Crippen molar-refractivity contribution in [2.24, 2.45) is 0 Å². The molecular weight excluding hydrogens is 292 g/mol. The van der Waals surface area contributed by atoms with Gasteiger partial charge in [-0.2, -0.15) is 0 Å². The summed E-state index contributed by atoms with van der Waals surface area (Å²) in [5.41, 5.74) is 2.04. The first kappa shape index (κ1) is 14.5. The van der Waals surface area contributed by atoms with Crippen LogP contribution in [-0.4, -0.2) is 13.1 Å². The van der Waals surface area contributed by atoms with Gasteiger partial charge in [0, 0.05) is 17.5 Å². The minimum atomic E-state index is -0.323. The molecule has 0 radical (unpaired) electrons. The Morgan fingerprint density at radius 2 is 1.67 bits per heavy atom. The molecule has 0 amide bonds. The maximum Gasteiger partial charge on any atom is 0.124 e. The van der Waals surface area contributed by atoms with Crippen LogP contribution in [0.15, 0.2) is 42.5 Å². The average molecular weight is 308 g/mol. The lowest BCUT2D eigenvalue weighted by Crippen LogP contribution is -2.34. The van der Waals surface area contributed by atoms with Crippen molar-refractivity contribution in [3.05, 3.63) is 70.2 Å².